The first-order valence-corrected chi connectivity index (χ1v) is 24.0. The van der Waals surface area contributed by atoms with E-state index in [-0.39, 0.29) is 41.3 Å². The van der Waals surface area contributed by atoms with Crippen molar-refractivity contribution in [3.05, 3.63) is 79.9 Å². The molecule has 3 aliphatic rings. The third-order valence-electron chi connectivity index (χ3n) is 12.6. The number of rotatable bonds is 12. The van der Waals surface area contributed by atoms with E-state index in [4.69, 9.17) is 61.1 Å². The van der Waals surface area contributed by atoms with Crippen LogP contribution in [0.3, 0.4) is 0 Å². The molecule has 4 rings (SSSR count). The summed E-state index contributed by atoms with van der Waals surface area (Å²) in [5.74, 6) is -4.39. The van der Waals surface area contributed by atoms with Crippen LogP contribution in [0.25, 0.3) is 0 Å². The second-order valence-corrected chi connectivity index (χ2v) is 19.1. The van der Waals surface area contributed by atoms with E-state index >= 15 is 0 Å². The van der Waals surface area contributed by atoms with Gasteiger partial charge in [-0.05, 0) is 90.5 Å². The molecule has 0 bridgehead atoms. The highest BCUT2D eigenvalue weighted by molar-refractivity contribution is 6.39. The van der Waals surface area contributed by atoms with E-state index in [1.807, 2.05) is 26.0 Å². The van der Waals surface area contributed by atoms with Gasteiger partial charge in [0.25, 0.3) is 0 Å². The Labute approximate surface area is 419 Å². The first-order chi connectivity index (χ1) is 32.8. The number of benzene rings is 1. The number of phenols is 2. The van der Waals surface area contributed by atoms with Crippen molar-refractivity contribution in [3.63, 3.8) is 0 Å². The van der Waals surface area contributed by atoms with Gasteiger partial charge < -0.3 is 73.6 Å². The van der Waals surface area contributed by atoms with Crippen LogP contribution in [-0.2, 0) is 53.9 Å². The predicted molar refractivity (Wildman–Crippen MR) is 256 cm³/mol. The first kappa shape index (κ1) is 58.7. The number of aliphatic hydroxyl groups is 5. The minimum Gasteiger partial charge on any atom is -0.505 e. The van der Waals surface area contributed by atoms with Crippen LogP contribution in [0.2, 0.25) is 10.0 Å². The number of allylic oxidation sites excluding steroid dienone is 4. The number of carbonyl (C=O) groups excluding carboxylic acids is 3. The maximum absolute atomic E-state index is 13.9. The predicted octanol–water partition coefficient (Wildman–Crippen LogP) is 5.60. The number of aromatic hydroxyl groups is 2. The molecule has 0 radical (unpaired) electrons. The third-order valence-corrected chi connectivity index (χ3v) is 13.3. The van der Waals surface area contributed by atoms with Gasteiger partial charge in [-0.25, -0.2) is 9.59 Å². The largest absolute Gasteiger partial charge is 0.505 e. The Morgan fingerprint density at radius 1 is 0.929 bits per heavy atom. The lowest BCUT2D eigenvalue weighted by Gasteiger charge is -2.47. The van der Waals surface area contributed by atoms with Crippen molar-refractivity contribution in [2.45, 2.75) is 180 Å². The molecule has 0 amide bonds. The summed E-state index contributed by atoms with van der Waals surface area (Å²) in [6.45, 7) is 15.9. The van der Waals surface area contributed by atoms with Crippen LogP contribution in [-0.4, -0.2) is 153 Å². The van der Waals surface area contributed by atoms with E-state index in [1.165, 1.54) is 40.0 Å². The Morgan fingerprint density at radius 3 is 2.20 bits per heavy atom. The van der Waals surface area contributed by atoms with Gasteiger partial charge in [0.1, 0.15) is 46.7 Å². The van der Waals surface area contributed by atoms with E-state index < -0.39 is 132 Å². The minimum absolute atomic E-state index is 0.0374. The SMILES string of the molecule is CCc1c(Cl)c(O)c(Cl)c(O)c1C(=O)OC1C(C)OC(OCC2=CC=CCC(O)C(C)=CC(CC)C(OC3OC(C)(C)C(OC(C)=O)C(O)C3O)C(C)=CC(C)=CCC(C(C)O)OC2=O)C(OC)C1O. The molecule has 7 N–H and O–H groups in total. The van der Waals surface area contributed by atoms with Gasteiger partial charge in [-0.3, -0.25) is 4.79 Å². The fraction of sp³-hybridized carbons (Fsp3) is 0.620. The molecule has 1 aromatic rings. The van der Waals surface area contributed by atoms with Crippen LogP contribution in [0.4, 0.5) is 0 Å². The normalized spacial score (nSPS) is 32.0. The number of halogens is 2. The molecule has 3 aliphatic heterocycles. The highest BCUT2D eigenvalue weighted by atomic mass is 35.5. The summed E-state index contributed by atoms with van der Waals surface area (Å²) >= 11 is 12.3. The zero-order valence-electron chi connectivity index (χ0n) is 41.5. The minimum atomic E-state index is -1.60. The monoisotopic (exact) mass is 1030 g/mol. The molecular formula is C50H70Cl2O18. The number of hydrogen-bond donors (Lipinski definition) is 7. The van der Waals surface area contributed by atoms with Crippen LogP contribution >= 0.6 is 23.2 Å². The lowest BCUT2D eigenvalue weighted by atomic mass is 9.88. The number of esters is 3. The van der Waals surface area contributed by atoms with Crippen molar-refractivity contribution < 1.29 is 88.0 Å². The number of carbonyl (C=O) groups is 3. The van der Waals surface area contributed by atoms with Crippen molar-refractivity contribution >= 4 is 41.1 Å². The van der Waals surface area contributed by atoms with E-state index in [0.717, 1.165) is 0 Å². The number of phenolic OH excluding ortho intramolecular Hbond substituents is 2. The quantitative estimate of drug-likeness (QED) is 0.0763. The highest BCUT2D eigenvalue weighted by Crippen LogP contribution is 2.45. The van der Waals surface area contributed by atoms with E-state index in [0.29, 0.717) is 23.1 Å². The summed E-state index contributed by atoms with van der Waals surface area (Å²) in [5, 5.41) is 76.0. The zero-order chi connectivity index (χ0) is 52.5. The van der Waals surface area contributed by atoms with E-state index in [2.05, 4.69) is 0 Å². The molecule has 2 saturated heterocycles. The van der Waals surface area contributed by atoms with Gasteiger partial charge in [-0.2, -0.15) is 0 Å². The average molecular weight is 1030 g/mol. The summed E-state index contributed by atoms with van der Waals surface area (Å²) in [7, 11) is 1.26. The lowest BCUT2D eigenvalue weighted by Crippen LogP contribution is -2.64. The fourth-order valence-electron chi connectivity index (χ4n) is 8.52. The smallest absolute Gasteiger partial charge is 0.342 e. The van der Waals surface area contributed by atoms with E-state index in [1.54, 1.807) is 46.8 Å². The van der Waals surface area contributed by atoms with E-state index in [9.17, 15) is 50.1 Å². The topological polar surface area (TPSA) is 267 Å². The number of methoxy groups -OCH3 is 1. The van der Waals surface area contributed by atoms with Crippen LogP contribution in [0, 0.1) is 5.92 Å². The number of hydrogen-bond acceptors (Lipinski definition) is 18. The molecule has 0 saturated carbocycles. The van der Waals surface area contributed by atoms with Gasteiger partial charge in [-0.15, -0.1) is 0 Å². The summed E-state index contributed by atoms with van der Waals surface area (Å²) in [6.07, 6.45) is -5.41. The first-order valence-electron chi connectivity index (χ1n) is 23.2. The maximum Gasteiger partial charge on any atom is 0.342 e. The molecule has 0 spiro atoms. The Balaban J connectivity index is 1.61. The second kappa shape index (κ2) is 25.7. The van der Waals surface area contributed by atoms with Crippen molar-refractivity contribution in [2.75, 3.05) is 13.7 Å². The van der Waals surface area contributed by atoms with Crippen LogP contribution < -0.4 is 0 Å². The summed E-state index contributed by atoms with van der Waals surface area (Å²) in [5.41, 5.74) is 0.330. The molecule has 0 aliphatic carbocycles. The average Bonchev–Trinajstić information content (AvgIpc) is 3.29. The summed E-state index contributed by atoms with van der Waals surface area (Å²) in [4.78, 5) is 39.3. The van der Waals surface area contributed by atoms with Gasteiger partial charge in [0.2, 0.25) is 0 Å². The van der Waals surface area contributed by atoms with Gasteiger partial charge in [0.15, 0.2) is 36.3 Å². The van der Waals surface area contributed by atoms with Gasteiger partial charge in [-0.1, -0.05) is 73.0 Å². The number of ether oxygens (including phenoxy) is 8. The third kappa shape index (κ3) is 14.2. The second-order valence-electron chi connectivity index (χ2n) is 18.4. The van der Waals surface area contributed by atoms with Crippen molar-refractivity contribution in [2.24, 2.45) is 5.92 Å². The van der Waals surface area contributed by atoms with Crippen molar-refractivity contribution in [1.29, 1.82) is 0 Å². The summed E-state index contributed by atoms with van der Waals surface area (Å²) < 4.78 is 47.1. The van der Waals surface area contributed by atoms with Crippen LogP contribution in [0.15, 0.2) is 58.7 Å². The van der Waals surface area contributed by atoms with Crippen molar-refractivity contribution in [3.8, 4) is 11.5 Å². The van der Waals surface area contributed by atoms with Gasteiger partial charge in [0.05, 0.1) is 41.6 Å². The maximum atomic E-state index is 13.9. The lowest BCUT2D eigenvalue weighted by molar-refractivity contribution is -0.333. The molecular weight excluding hydrogens is 959 g/mol. The highest BCUT2D eigenvalue weighted by Gasteiger charge is 2.52. The van der Waals surface area contributed by atoms with Crippen LogP contribution in [0.1, 0.15) is 104 Å². The van der Waals surface area contributed by atoms with Crippen LogP contribution in [0.5, 0.6) is 11.5 Å². The molecule has 3 heterocycles. The molecule has 14 atom stereocenters. The Bertz CT molecular complexity index is 2160. The Hall–Kier alpha value is -3.89. The van der Waals surface area contributed by atoms with Gasteiger partial charge in [0, 0.05) is 26.4 Å². The molecule has 18 nitrogen and oxygen atoms in total. The molecule has 14 unspecified atom stereocenters. The molecule has 2 fully saturated rings. The molecule has 392 valence electrons. The molecule has 20 heteroatoms. The number of cyclic esters (lactones) is 1. The molecule has 0 aromatic heterocycles. The standard InChI is InChI=1S/C50H70Cl2O18/c1-12-29-21-24(4)32(55)17-15-14-16-30(22-64-49-44(63-11)41(60)43(27(7)65-49)68-47(62)34-31(13-2)35(51)38(57)36(52)37(34)56)46(61)67-33(26(6)53)19-18-23(3)20-25(5)42(29)69-48-40(59)39(58)45(66-28(8)54)50(9,10)70-48/h14-16,18,20-21,26-27,29,32-33,39-45,48-49,53,55-60H,12-13,17,19,22H2,1-11H3. The molecule has 70 heavy (non-hydrogen) atoms. The number of aliphatic hydroxyl groups excluding tert-OH is 5. The zero-order valence-corrected chi connectivity index (χ0v) is 43.0. The van der Waals surface area contributed by atoms with Gasteiger partial charge >= 0.3 is 17.9 Å². The molecule has 1 aromatic carbocycles. The summed E-state index contributed by atoms with van der Waals surface area (Å²) in [6, 6.07) is 0. The fourth-order valence-corrected chi connectivity index (χ4v) is 9.08. The Morgan fingerprint density at radius 2 is 1.60 bits per heavy atom. The Kier molecular flexibility index (Phi) is 21.5. The van der Waals surface area contributed by atoms with Crippen molar-refractivity contribution in [1.82, 2.24) is 0 Å².